The van der Waals surface area contributed by atoms with Gasteiger partial charge in [-0.2, -0.15) is 0 Å². The molecule has 0 aliphatic carbocycles. The van der Waals surface area contributed by atoms with Crippen molar-refractivity contribution in [3.8, 4) is 0 Å². The summed E-state index contributed by atoms with van der Waals surface area (Å²) >= 11 is 5.55. The highest BCUT2D eigenvalue weighted by atomic mass is 35.5. The quantitative estimate of drug-likeness (QED) is 0.706. The molecule has 0 bridgehead atoms. The standard InChI is InChI=1S/C10H20ClNO2/c1-2-14-10-3-5-12(6-4-10)8-9(13)7-11/h9-10,13H,2-8H2,1H3. The van der Waals surface area contributed by atoms with Crippen LogP contribution >= 0.6 is 11.6 Å². The summed E-state index contributed by atoms with van der Waals surface area (Å²) in [5.41, 5.74) is 0. The van der Waals surface area contributed by atoms with E-state index < -0.39 is 0 Å². The van der Waals surface area contributed by atoms with Crippen LogP contribution in [0.15, 0.2) is 0 Å². The summed E-state index contributed by atoms with van der Waals surface area (Å²) in [6, 6.07) is 0. The van der Waals surface area contributed by atoms with Crippen molar-refractivity contribution in [2.75, 3.05) is 32.1 Å². The predicted molar refractivity (Wildman–Crippen MR) is 57.8 cm³/mol. The predicted octanol–water partition coefficient (Wildman–Crippen LogP) is 1.09. The molecule has 1 aliphatic rings. The van der Waals surface area contributed by atoms with Gasteiger partial charge in [-0.25, -0.2) is 0 Å². The second kappa shape index (κ2) is 6.62. The summed E-state index contributed by atoms with van der Waals surface area (Å²) in [6.45, 7) is 5.55. The third-order valence-electron chi connectivity index (χ3n) is 2.58. The first-order valence-corrected chi connectivity index (χ1v) is 5.87. The van der Waals surface area contributed by atoms with Crippen LogP contribution in [-0.2, 0) is 4.74 Å². The minimum absolute atomic E-state index is 0.325. The Morgan fingerprint density at radius 3 is 2.64 bits per heavy atom. The van der Waals surface area contributed by atoms with Gasteiger partial charge in [0.2, 0.25) is 0 Å². The normalized spacial score (nSPS) is 22.5. The maximum absolute atomic E-state index is 9.37. The van der Waals surface area contributed by atoms with Gasteiger partial charge in [-0.15, -0.1) is 11.6 Å². The van der Waals surface area contributed by atoms with Gasteiger partial charge < -0.3 is 14.7 Å². The zero-order valence-corrected chi connectivity index (χ0v) is 9.54. The van der Waals surface area contributed by atoms with E-state index in [1.807, 2.05) is 6.92 Å². The maximum Gasteiger partial charge on any atom is 0.0802 e. The van der Waals surface area contributed by atoms with Crippen LogP contribution in [0.5, 0.6) is 0 Å². The molecule has 1 N–H and O–H groups in total. The van der Waals surface area contributed by atoms with Gasteiger partial charge in [0, 0.05) is 32.1 Å². The Balaban J connectivity index is 2.15. The molecule has 4 heteroatoms. The number of rotatable bonds is 5. The molecule has 0 aromatic carbocycles. The number of piperidine rings is 1. The molecule has 14 heavy (non-hydrogen) atoms. The van der Waals surface area contributed by atoms with Crippen molar-refractivity contribution in [3.05, 3.63) is 0 Å². The lowest BCUT2D eigenvalue weighted by Gasteiger charge is -2.32. The van der Waals surface area contributed by atoms with Gasteiger partial charge in [-0.05, 0) is 19.8 Å². The molecule has 0 aromatic heterocycles. The van der Waals surface area contributed by atoms with E-state index in [9.17, 15) is 5.11 Å². The average Bonchev–Trinajstić information content (AvgIpc) is 2.21. The average molecular weight is 222 g/mol. The molecule has 0 aromatic rings. The topological polar surface area (TPSA) is 32.7 Å². The van der Waals surface area contributed by atoms with Gasteiger partial charge in [0.05, 0.1) is 12.2 Å². The molecule has 84 valence electrons. The lowest BCUT2D eigenvalue weighted by Crippen LogP contribution is -2.41. The van der Waals surface area contributed by atoms with Gasteiger partial charge in [-0.1, -0.05) is 0 Å². The van der Waals surface area contributed by atoms with Crippen molar-refractivity contribution in [2.24, 2.45) is 0 Å². The molecule has 1 unspecified atom stereocenters. The number of nitrogens with zero attached hydrogens (tertiary/aromatic N) is 1. The molecule has 0 spiro atoms. The number of hydrogen-bond donors (Lipinski definition) is 1. The first-order chi connectivity index (χ1) is 6.76. The summed E-state index contributed by atoms with van der Waals surface area (Å²) in [4.78, 5) is 2.25. The van der Waals surface area contributed by atoms with Crippen LogP contribution in [0.4, 0.5) is 0 Å². The van der Waals surface area contributed by atoms with Crippen molar-refractivity contribution < 1.29 is 9.84 Å². The highest BCUT2D eigenvalue weighted by Gasteiger charge is 2.20. The first-order valence-electron chi connectivity index (χ1n) is 5.34. The molecule has 1 heterocycles. The molecule has 0 saturated carbocycles. The van der Waals surface area contributed by atoms with Gasteiger partial charge >= 0.3 is 0 Å². The number of halogens is 1. The molecular weight excluding hydrogens is 202 g/mol. The summed E-state index contributed by atoms with van der Waals surface area (Å²) in [6.07, 6.45) is 2.18. The number of β-amino-alcohol motifs (C(OH)–C–C–N with tert-alkyl or cyclic N) is 1. The van der Waals surface area contributed by atoms with Crippen LogP contribution in [0.1, 0.15) is 19.8 Å². The van der Waals surface area contributed by atoms with Crippen LogP contribution in [-0.4, -0.2) is 54.3 Å². The monoisotopic (exact) mass is 221 g/mol. The first kappa shape index (κ1) is 12.2. The fourth-order valence-corrected chi connectivity index (χ4v) is 1.94. The Morgan fingerprint density at radius 2 is 2.14 bits per heavy atom. The second-order valence-electron chi connectivity index (χ2n) is 3.76. The van der Waals surface area contributed by atoms with Gasteiger partial charge in [-0.3, -0.25) is 0 Å². The second-order valence-corrected chi connectivity index (χ2v) is 4.07. The molecule has 1 rings (SSSR count). The lowest BCUT2D eigenvalue weighted by molar-refractivity contribution is 0.00547. The van der Waals surface area contributed by atoms with Crippen LogP contribution in [0.3, 0.4) is 0 Å². The fraction of sp³-hybridized carbons (Fsp3) is 1.00. The number of ether oxygens (including phenoxy) is 1. The Hall–Kier alpha value is 0.170. The summed E-state index contributed by atoms with van der Waals surface area (Å²) in [5, 5.41) is 9.37. The van der Waals surface area contributed by atoms with E-state index in [1.54, 1.807) is 0 Å². The fourth-order valence-electron chi connectivity index (χ4n) is 1.84. The van der Waals surface area contributed by atoms with E-state index >= 15 is 0 Å². The van der Waals surface area contributed by atoms with E-state index in [2.05, 4.69) is 4.90 Å². The number of alkyl halides is 1. The largest absolute Gasteiger partial charge is 0.391 e. The summed E-state index contributed by atoms with van der Waals surface area (Å²) in [5.74, 6) is 0.325. The van der Waals surface area contributed by atoms with E-state index in [-0.39, 0.29) is 6.10 Å². The highest BCUT2D eigenvalue weighted by Crippen LogP contribution is 2.13. The van der Waals surface area contributed by atoms with Crippen LogP contribution in [0, 0.1) is 0 Å². The Kier molecular flexibility index (Phi) is 5.78. The molecular formula is C10H20ClNO2. The van der Waals surface area contributed by atoms with Crippen LogP contribution < -0.4 is 0 Å². The highest BCUT2D eigenvalue weighted by molar-refractivity contribution is 6.18. The summed E-state index contributed by atoms with van der Waals surface area (Å²) in [7, 11) is 0. The zero-order valence-electron chi connectivity index (χ0n) is 8.79. The number of aliphatic hydroxyl groups is 1. The van der Waals surface area contributed by atoms with Crippen molar-refractivity contribution in [1.82, 2.24) is 4.90 Å². The van der Waals surface area contributed by atoms with Crippen LogP contribution in [0.2, 0.25) is 0 Å². The number of aliphatic hydroxyl groups excluding tert-OH is 1. The van der Waals surface area contributed by atoms with Crippen LogP contribution in [0.25, 0.3) is 0 Å². The molecule has 1 fully saturated rings. The zero-order chi connectivity index (χ0) is 10.4. The number of likely N-dealkylation sites (tertiary alicyclic amines) is 1. The minimum Gasteiger partial charge on any atom is -0.391 e. The van der Waals surface area contributed by atoms with E-state index in [0.717, 1.165) is 32.5 Å². The van der Waals surface area contributed by atoms with Gasteiger partial charge in [0.15, 0.2) is 0 Å². The van der Waals surface area contributed by atoms with Crippen molar-refractivity contribution in [1.29, 1.82) is 0 Å². The molecule has 1 saturated heterocycles. The van der Waals surface area contributed by atoms with Gasteiger partial charge in [0.1, 0.15) is 0 Å². The summed E-state index contributed by atoms with van der Waals surface area (Å²) < 4.78 is 5.55. The van der Waals surface area contributed by atoms with Crippen molar-refractivity contribution >= 4 is 11.6 Å². The molecule has 3 nitrogen and oxygen atoms in total. The smallest absolute Gasteiger partial charge is 0.0802 e. The van der Waals surface area contributed by atoms with Crippen molar-refractivity contribution in [3.63, 3.8) is 0 Å². The Labute approximate surface area is 91.0 Å². The Bertz CT molecular complexity index is 149. The lowest BCUT2D eigenvalue weighted by atomic mass is 10.1. The Morgan fingerprint density at radius 1 is 1.50 bits per heavy atom. The minimum atomic E-state index is -0.389. The van der Waals surface area contributed by atoms with Gasteiger partial charge in [0.25, 0.3) is 0 Å². The van der Waals surface area contributed by atoms with E-state index in [1.165, 1.54) is 0 Å². The van der Waals surface area contributed by atoms with E-state index in [0.29, 0.717) is 18.5 Å². The third kappa shape index (κ3) is 4.13. The van der Waals surface area contributed by atoms with Crippen molar-refractivity contribution in [2.45, 2.75) is 32.0 Å². The van der Waals surface area contributed by atoms with E-state index in [4.69, 9.17) is 16.3 Å². The molecule has 1 aliphatic heterocycles. The molecule has 0 radical (unpaired) electrons. The third-order valence-corrected chi connectivity index (χ3v) is 2.94. The molecule has 0 amide bonds. The number of hydrogen-bond acceptors (Lipinski definition) is 3. The maximum atomic E-state index is 9.37. The SMILES string of the molecule is CCOC1CCN(CC(O)CCl)CC1. The molecule has 1 atom stereocenters.